The second-order valence-corrected chi connectivity index (χ2v) is 2.53. The third-order valence-corrected chi connectivity index (χ3v) is 1.48. The Bertz CT molecular complexity index is 104. The van der Waals surface area contributed by atoms with Crippen LogP contribution in [0.25, 0.3) is 0 Å². The highest BCUT2D eigenvalue weighted by Gasteiger charge is 1.98. The van der Waals surface area contributed by atoms with E-state index in [0.717, 1.165) is 0 Å². The second kappa shape index (κ2) is 3.26. The van der Waals surface area contributed by atoms with Crippen molar-refractivity contribution in [3.05, 3.63) is 12.7 Å². The van der Waals surface area contributed by atoms with Crippen molar-refractivity contribution < 1.29 is 9.90 Å². The van der Waals surface area contributed by atoms with Crippen LogP contribution in [0.3, 0.4) is 0 Å². The molecule has 0 unspecified atom stereocenters. The minimum atomic E-state index is -0.864. The maximum atomic E-state index is 10.0. The summed E-state index contributed by atoms with van der Waals surface area (Å²) in [6, 6.07) is 0. The Morgan fingerprint density at radius 1 is 2.00 bits per heavy atom. The van der Waals surface area contributed by atoms with Gasteiger partial charge in [-0.1, -0.05) is 6.08 Å². The molecule has 4 heteroatoms. The van der Waals surface area contributed by atoms with Gasteiger partial charge in [0.05, 0.1) is 0 Å². The maximum Gasteiger partial charge on any atom is 0.398 e. The summed E-state index contributed by atoms with van der Waals surface area (Å²) < 4.78 is 1.28. The smallest absolute Gasteiger partial charge is 0.398 e. The number of carbonyl (C=O) groups is 1. The highest BCUT2D eigenvalue weighted by molar-refractivity contribution is 6.12. The van der Waals surface area contributed by atoms with Crippen molar-refractivity contribution in [2.75, 3.05) is 6.54 Å². The molecule has 1 amide bonds. The van der Waals surface area contributed by atoms with E-state index in [1.807, 2.05) is 0 Å². The van der Waals surface area contributed by atoms with Crippen LogP contribution in [-0.2, 0) is 0 Å². The lowest BCUT2D eigenvalue weighted by molar-refractivity contribution is 0.176. The molecular formula is C4H9NO2Si. The fourth-order valence-electron chi connectivity index (χ4n) is 0.272. The molecule has 0 bridgehead atoms. The van der Waals surface area contributed by atoms with Gasteiger partial charge >= 0.3 is 6.09 Å². The Labute approximate surface area is 51.1 Å². The zero-order chi connectivity index (χ0) is 6.57. The summed E-state index contributed by atoms with van der Waals surface area (Å²) >= 11 is 0. The molecule has 0 aromatic rings. The molecule has 0 atom stereocenters. The van der Waals surface area contributed by atoms with Gasteiger partial charge in [0.2, 0.25) is 0 Å². The van der Waals surface area contributed by atoms with Gasteiger partial charge in [0.25, 0.3) is 0 Å². The summed E-state index contributed by atoms with van der Waals surface area (Å²) in [6.07, 6.45) is 0.706. The first-order valence-corrected chi connectivity index (χ1v) is 3.13. The maximum absolute atomic E-state index is 10.0. The summed E-state index contributed by atoms with van der Waals surface area (Å²) in [5, 5.41) is 8.23. The van der Waals surface area contributed by atoms with E-state index >= 15 is 0 Å². The molecule has 0 heterocycles. The van der Waals surface area contributed by atoms with Crippen LogP contribution in [0.2, 0.25) is 0 Å². The average molecular weight is 131 g/mol. The zero-order valence-electron chi connectivity index (χ0n) is 4.79. The lowest BCUT2D eigenvalue weighted by Gasteiger charge is -2.08. The number of nitrogens with zero attached hydrogens (tertiary/aromatic N) is 1. The number of hydrogen-bond acceptors (Lipinski definition) is 1. The minimum Gasteiger partial charge on any atom is -0.465 e. The van der Waals surface area contributed by atoms with Crippen LogP contribution < -0.4 is 0 Å². The molecule has 0 aromatic heterocycles. The van der Waals surface area contributed by atoms with Gasteiger partial charge in [0.1, 0.15) is 10.4 Å². The van der Waals surface area contributed by atoms with E-state index in [9.17, 15) is 4.79 Å². The van der Waals surface area contributed by atoms with Crippen molar-refractivity contribution in [2.24, 2.45) is 0 Å². The number of amides is 1. The number of carboxylic acid groups (broad SMARTS) is 1. The highest BCUT2D eigenvalue weighted by Crippen LogP contribution is 1.79. The lowest BCUT2D eigenvalue weighted by atomic mass is 10.6. The Kier molecular flexibility index (Phi) is 2.94. The van der Waals surface area contributed by atoms with E-state index in [1.165, 1.54) is 4.57 Å². The van der Waals surface area contributed by atoms with Gasteiger partial charge in [0.15, 0.2) is 0 Å². The molecule has 8 heavy (non-hydrogen) atoms. The van der Waals surface area contributed by atoms with Crippen molar-refractivity contribution in [3.8, 4) is 0 Å². The van der Waals surface area contributed by atoms with Gasteiger partial charge in [-0.2, -0.15) is 0 Å². The topological polar surface area (TPSA) is 40.5 Å². The van der Waals surface area contributed by atoms with Crippen LogP contribution >= 0.6 is 0 Å². The fraction of sp³-hybridized carbons (Fsp3) is 0.250. The normalized spacial score (nSPS) is 8.50. The Balaban J connectivity index is 3.46. The van der Waals surface area contributed by atoms with E-state index in [0.29, 0.717) is 16.9 Å². The molecule has 0 aliphatic carbocycles. The summed E-state index contributed by atoms with van der Waals surface area (Å²) in [5.74, 6) is 0. The molecule has 0 fully saturated rings. The first-order chi connectivity index (χ1) is 3.68. The van der Waals surface area contributed by atoms with Gasteiger partial charge in [-0.3, -0.25) is 0 Å². The van der Waals surface area contributed by atoms with Crippen LogP contribution in [0.1, 0.15) is 0 Å². The van der Waals surface area contributed by atoms with Crippen molar-refractivity contribution in [3.63, 3.8) is 0 Å². The summed E-state index contributed by atoms with van der Waals surface area (Å²) in [4.78, 5) is 10.0. The molecule has 0 spiro atoms. The van der Waals surface area contributed by atoms with E-state index in [1.54, 1.807) is 6.08 Å². The summed E-state index contributed by atoms with van der Waals surface area (Å²) in [6.45, 7) is 3.85. The highest BCUT2D eigenvalue weighted by atomic mass is 28.2. The predicted octanol–water partition coefficient (Wildman–Crippen LogP) is -0.567. The molecule has 0 saturated carbocycles. The molecule has 0 aromatic carbocycles. The van der Waals surface area contributed by atoms with Crippen molar-refractivity contribution in [1.82, 2.24) is 4.57 Å². The van der Waals surface area contributed by atoms with Gasteiger partial charge in [-0.25, -0.2) is 4.79 Å². The fourth-order valence-corrected chi connectivity index (χ4v) is 0.530. The molecule has 0 aliphatic rings. The van der Waals surface area contributed by atoms with Gasteiger partial charge in [-0.15, -0.1) is 6.58 Å². The standard InChI is InChI=1S/C4H9NO2Si/c1-2-3-5(8)4(6)7/h2H,1,3H2,8H3,(H,6,7). The molecule has 0 saturated heterocycles. The lowest BCUT2D eigenvalue weighted by Crippen LogP contribution is -2.25. The largest absolute Gasteiger partial charge is 0.465 e. The van der Waals surface area contributed by atoms with Crippen LogP contribution in [0.5, 0.6) is 0 Å². The third kappa shape index (κ3) is 2.41. The molecule has 46 valence electrons. The molecule has 3 nitrogen and oxygen atoms in total. The number of rotatable bonds is 2. The van der Waals surface area contributed by atoms with Crippen molar-refractivity contribution in [2.45, 2.75) is 0 Å². The second-order valence-electron chi connectivity index (χ2n) is 1.45. The van der Waals surface area contributed by atoms with Crippen molar-refractivity contribution >= 4 is 16.5 Å². The average Bonchev–Trinajstić information content (AvgIpc) is 1.67. The van der Waals surface area contributed by atoms with Gasteiger partial charge < -0.3 is 9.67 Å². The van der Waals surface area contributed by atoms with Crippen LogP contribution in [-0.4, -0.2) is 32.7 Å². The summed E-state index contributed by atoms with van der Waals surface area (Å²) in [7, 11) is 0.546. The third-order valence-electron chi connectivity index (χ3n) is 0.730. The first-order valence-electron chi connectivity index (χ1n) is 2.23. The van der Waals surface area contributed by atoms with Crippen LogP contribution in [0.15, 0.2) is 12.7 Å². The molecule has 0 aliphatic heterocycles. The number of hydrogen-bond donors (Lipinski definition) is 1. The van der Waals surface area contributed by atoms with Gasteiger partial charge in [-0.05, 0) is 0 Å². The molecular weight excluding hydrogens is 122 g/mol. The molecule has 1 N–H and O–H groups in total. The van der Waals surface area contributed by atoms with Gasteiger partial charge in [0, 0.05) is 6.54 Å². The summed E-state index contributed by atoms with van der Waals surface area (Å²) in [5.41, 5.74) is 0. The van der Waals surface area contributed by atoms with Crippen LogP contribution in [0, 0.1) is 0 Å². The Morgan fingerprint density at radius 2 is 2.50 bits per heavy atom. The van der Waals surface area contributed by atoms with E-state index in [4.69, 9.17) is 5.11 Å². The van der Waals surface area contributed by atoms with E-state index in [2.05, 4.69) is 6.58 Å². The van der Waals surface area contributed by atoms with E-state index in [-0.39, 0.29) is 0 Å². The Hall–Kier alpha value is -0.773. The predicted molar refractivity (Wildman–Crippen MR) is 34.9 cm³/mol. The monoisotopic (exact) mass is 131 g/mol. The quantitative estimate of drug-likeness (QED) is 0.403. The molecule has 0 rings (SSSR count). The SMILES string of the molecule is C=CCN([SiH3])C(=O)O. The van der Waals surface area contributed by atoms with Crippen LogP contribution in [0.4, 0.5) is 4.79 Å². The Morgan fingerprint density at radius 3 is 2.62 bits per heavy atom. The first kappa shape index (κ1) is 7.23. The minimum absolute atomic E-state index is 0.446. The molecule has 0 radical (unpaired) electrons. The zero-order valence-corrected chi connectivity index (χ0v) is 6.79. The van der Waals surface area contributed by atoms with Crippen molar-refractivity contribution in [1.29, 1.82) is 0 Å². The van der Waals surface area contributed by atoms with E-state index < -0.39 is 6.09 Å².